The van der Waals surface area contributed by atoms with Crippen molar-refractivity contribution in [3.05, 3.63) is 71.3 Å². The molecule has 4 nitrogen and oxygen atoms in total. The first-order valence-corrected chi connectivity index (χ1v) is 12.7. The zero-order chi connectivity index (χ0) is 26.5. The summed E-state index contributed by atoms with van der Waals surface area (Å²) in [5.74, 6) is -1.14. The smallest absolute Gasteiger partial charge is 0.254 e. The molecule has 0 aromatic heterocycles. The third-order valence-corrected chi connectivity index (χ3v) is 6.58. The molecule has 2 amide bonds. The third-order valence-electron chi connectivity index (χ3n) is 6.58. The number of rotatable bonds is 10. The van der Waals surface area contributed by atoms with Crippen LogP contribution in [0.1, 0.15) is 88.6 Å². The van der Waals surface area contributed by atoms with Gasteiger partial charge in [0.05, 0.1) is 0 Å². The molecule has 1 aliphatic carbocycles. The number of amides is 2. The first-order valence-electron chi connectivity index (χ1n) is 12.7. The number of carbonyl (C=O) groups excluding carboxylic acids is 2. The maximum Gasteiger partial charge on any atom is 0.254 e. The zero-order valence-corrected chi connectivity index (χ0v) is 21.9. The lowest BCUT2D eigenvalue weighted by atomic mass is 9.79. The number of nitrogens with zero attached hydrogens (tertiary/aromatic N) is 1. The predicted octanol–water partition coefficient (Wildman–Crippen LogP) is 7.04. The molecule has 194 valence electrons. The molecule has 1 aromatic rings. The van der Waals surface area contributed by atoms with Gasteiger partial charge in [-0.1, -0.05) is 64.6 Å². The summed E-state index contributed by atoms with van der Waals surface area (Å²) in [5.41, 5.74) is 8.09. The lowest BCUT2D eigenvalue weighted by Gasteiger charge is -2.37. The molecular weight excluding hydrogens is 446 g/mol. The molecule has 0 radical (unpaired) electrons. The number of halogens is 2. The van der Waals surface area contributed by atoms with E-state index in [0.717, 1.165) is 37.7 Å². The zero-order valence-electron chi connectivity index (χ0n) is 21.9. The lowest BCUT2D eigenvalue weighted by Crippen LogP contribution is -2.43. The van der Waals surface area contributed by atoms with E-state index in [1.54, 1.807) is 37.3 Å². The lowest BCUT2D eigenvalue weighted by molar-refractivity contribution is -0.114. The number of hydrogen-bond donors (Lipinski definition) is 1. The highest BCUT2D eigenvalue weighted by Crippen LogP contribution is 2.35. The topological polar surface area (TPSA) is 63.4 Å². The van der Waals surface area contributed by atoms with Crippen molar-refractivity contribution < 1.29 is 18.4 Å². The van der Waals surface area contributed by atoms with Gasteiger partial charge in [-0.15, -0.1) is 0 Å². The number of nitrogens with two attached hydrogens (primary N) is 1. The van der Waals surface area contributed by atoms with Gasteiger partial charge in [0.15, 0.2) is 0 Å². The fraction of sp³-hybridized carbons (Fsp3) is 0.517. The van der Waals surface area contributed by atoms with E-state index in [1.807, 2.05) is 37.8 Å². The average Bonchev–Trinajstić information content (AvgIpc) is 2.88. The van der Waals surface area contributed by atoms with E-state index >= 15 is 0 Å². The van der Waals surface area contributed by atoms with Gasteiger partial charge in [0.1, 0.15) is 0 Å². The van der Waals surface area contributed by atoms with Crippen LogP contribution < -0.4 is 5.73 Å². The van der Waals surface area contributed by atoms with Crippen LogP contribution in [0.15, 0.2) is 60.2 Å². The van der Waals surface area contributed by atoms with Gasteiger partial charge >= 0.3 is 0 Å². The first kappa shape index (κ1) is 30.3. The number of benzene rings is 1. The molecule has 1 saturated carbocycles. The molecule has 2 N–H and O–H groups in total. The van der Waals surface area contributed by atoms with Crippen LogP contribution in [0.2, 0.25) is 0 Å². The van der Waals surface area contributed by atoms with Crippen LogP contribution in [-0.4, -0.2) is 35.7 Å². The van der Waals surface area contributed by atoms with E-state index in [2.05, 4.69) is 6.58 Å². The summed E-state index contributed by atoms with van der Waals surface area (Å²) in [6.45, 7) is 13.6. The molecule has 2 rings (SSSR count). The average molecular weight is 489 g/mol. The first-order chi connectivity index (χ1) is 16.7. The monoisotopic (exact) mass is 488 g/mol. The fourth-order valence-electron chi connectivity index (χ4n) is 4.51. The number of alkyl halides is 2. The van der Waals surface area contributed by atoms with Gasteiger partial charge < -0.3 is 10.6 Å². The molecule has 0 bridgehead atoms. The molecule has 1 aromatic carbocycles. The van der Waals surface area contributed by atoms with Gasteiger partial charge in [-0.05, 0) is 68.2 Å². The molecule has 6 heteroatoms. The van der Waals surface area contributed by atoms with Gasteiger partial charge in [-0.25, -0.2) is 8.78 Å². The van der Waals surface area contributed by atoms with Crippen LogP contribution in [0, 0.1) is 5.92 Å². The summed E-state index contributed by atoms with van der Waals surface area (Å²) in [5, 5.41) is 0. The summed E-state index contributed by atoms with van der Waals surface area (Å²) in [4.78, 5) is 27.0. The summed E-state index contributed by atoms with van der Waals surface area (Å²) in [6, 6.07) is 6.66. The van der Waals surface area contributed by atoms with Gasteiger partial charge in [0, 0.05) is 29.6 Å². The Morgan fingerprint density at radius 1 is 1.14 bits per heavy atom. The Morgan fingerprint density at radius 3 is 2.17 bits per heavy atom. The molecular formula is C29H42F2N2O2. The van der Waals surface area contributed by atoms with Crippen LogP contribution in [0.3, 0.4) is 0 Å². The van der Waals surface area contributed by atoms with Crippen molar-refractivity contribution in [3.8, 4) is 0 Å². The van der Waals surface area contributed by atoms with Crippen LogP contribution in [0.4, 0.5) is 8.78 Å². The van der Waals surface area contributed by atoms with E-state index in [0.29, 0.717) is 23.2 Å². The highest BCUT2D eigenvalue weighted by molar-refractivity contribution is 5.94. The molecule has 1 unspecified atom stereocenters. The van der Waals surface area contributed by atoms with Gasteiger partial charge in [0.25, 0.3) is 5.91 Å². The summed E-state index contributed by atoms with van der Waals surface area (Å²) < 4.78 is 26.0. The largest absolute Gasteiger partial charge is 0.366 e. The van der Waals surface area contributed by atoms with Crippen molar-refractivity contribution in [3.63, 3.8) is 0 Å². The predicted molar refractivity (Wildman–Crippen MR) is 141 cm³/mol. The molecule has 0 heterocycles. The second-order valence-electron chi connectivity index (χ2n) is 8.79. The molecule has 0 aliphatic heterocycles. The Hall–Kier alpha value is -2.76. The maximum atomic E-state index is 13.3. The molecule has 1 fully saturated rings. The van der Waals surface area contributed by atoms with Crippen molar-refractivity contribution in [1.29, 1.82) is 0 Å². The second kappa shape index (κ2) is 15.3. The minimum atomic E-state index is -2.43. The molecule has 1 aliphatic rings. The van der Waals surface area contributed by atoms with Crippen molar-refractivity contribution in [2.24, 2.45) is 11.7 Å². The standard InChI is InChI=1S/C27H36F2N2O2.C2H6/c1-5-7-8-24(19(4)26(30)32)21-13-15-23(16-14-21)31(17-6-2)27(33)22-11-9-20(10-12-22)18(3)25(28)29;1-2/h5,7-12,18,21,23,25H,1,6,13-17H2,2-4H3,(H2,30,32);1-2H3/b8-7-,24-19-;. The Balaban J connectivity index is 0.00000298. The summed E-state index contributed by atoms with van der Waals surface area (Å²) in [6.07, 6.45) is 7.16. The molecule has 0 spiro atoms. The molecule has 0 saturated heterocycles. The van der Waals surface area contributed by atoms with E-state index in [-0.39, 0.29) is 17.9 Å². The highest BCUT2D eigenvalue weighted by atomic mass is 19.3. The summed E-state index contributed by atoms with van der Waals surface area (Å²) in [7, 11) is 0. The molecule has 35 heavy (non-hydrogen) atoms. The van der Waals surface area contributed by atoms with E-state index < -0.39 is 18.3 Å². The SMILES string of the molecule is C=C/C=C\C(=C(/C)C(N)=O)C1CCC(N(CCC)C(=O)c2ccc(C(C)C(F)F)cc2)CC1.CC. The van der Waals surface area contributed by atoms with Crippen LogP contribution in [-0.2, 0) is 4.79 Å². The minimum Gasteiger partial charge on any atom is -0.366 e. The quantitative estimate of drug-likeness (QED) is 0.284. The van der Waals surface area contributed by atoms with Crippen LogP contribution in [0.5, 0.6) is 0 Å². The van der Waals surface area contributed by atoms with Gasteiger partial charge in [0.2, 0.25) is 12.3 Å². The normalized spacial score (nSPS) is 19.4. The van der Waals surface area contributed by atoms with Gasteiger partial charge in [-0.3, -0.25) is 9.59 Å². The Labute approximate surface area is 210 Å². The van der Waals surface area contributed by atoms with E-state index in [1.165, 1.54) is 6.92 Å². The summed E-state index contributed by atoms with van der Waals surface area (Å²) >= 11 is 0. The minimum absolute atomic E-state index is 0.0628. The van der Waals surface area contributed by atoms with E-state index in [4.69, 9.17) is 5.73 Å². The number of hydrogen-bond acceptors (Lipinski definition) is 2. The van der Waals surface area contributed by atoms with Gasteiger partial charge in [-0.2, -0.15) is 0 Å². The number of allylic oxidation sites excluding steroid dienone is 4. The number of carbonyl (C=O) groups is 2. The van der Waals surface area contributed by atoms with Crippen molar-refractivity contribution >= 4 is 11.8 Å². The molecule has 1 atom stereocenters. The second-order valence-corrected chi connectivity index (χ2v) is 8.79. The Morgan fingerprint density at radius 2 is 1.71 bits per heavy atom. The van der Waals surface area contributed by atoms with Crippen LogP contribution in [0.25, 0.3) is 0 Å². The van der Waals surface area contributed by atoms with Crippen molar-refractivity contribution in [2.75, 3.05) is 6.54 Å². The maximum absolute atomic E-state index is 13.3. The van der Waals surface area contributed by atoms with Crippen LogP contribution >= 0.6 is 0 Å². The van der Waals surface area contributed by atoms with Crippen molar-refractivity contribution in [1.82, 2.24) is 4.90 Å². The van der Waals surface area contributed by atoms with E-state index in [9.17, 15) is 18.4 Å². The number of primary amides is 1. The fourth-order valence-corrected chi connectivity index (χ4v) is 4.51. The van der Waals surface area contributed by atoms with Crippen molar-refractivity contribution in [2.45, 2.75) is 85.1 Å². The Kier molecular flexibility index (Phi) is 13.2. The highest BCUT2D eigenvalue weighted by Gasteiger charge is 2.31. The Bertz CT molecular complexity index is 882. The third kappa shape index (κ3) is 8.44.